The molecule has 1 nitrogen and oxygen atoms in total. The van der Waals surface area contributed by atoms with Crippen LogP contribution in [0.25, 0.3) is 0 Å². The third-order valence-corrected chi connectivity index (χ3v) is 1.99. The Morgan fingerprint density at radius 1 is 1.33 bits per heavy atom. The second kappa shape index (κ2) is 7.98. The van der Waals surface area contributed by atoms with Gasteiger partial charge in [-0.05, 0) is 37.5 Å². The summed E-state index contributed by atoms with van der Waals surface area (Å²) in [5.74, 6) is 0. The maximum atomic E-state index is 7.48. The van der Waals surface area contributed by atoms with Crippen molar-refractivity contribution >= 4 is 5.71 Å². The molecule has 0 aliphatic rings. The lowest BCUT2D eigenvalue weighted by Gasteiger charge is -2.02. The minimum atomic E-state index is 0.562. The lowest BCUT2D eigenvalue weighted by atomic mass is 10.0. The molecule has 0 rings (SSSR count). The van der Waals surface area contributed by atoms with Gasteiger partial charge in [0.2, 0.25) is 0 Å². The first-order valence-corrected chi connectivity index (χ1v) is 5.38. The summed E-state index contributed by atoms with van der Waals surface area (Å²) in [6.45, 7) is 9.69. The number of allylic oxidation sites excluding steroid dienone is 7. The zero-order chi connectivity index (χ0) is 11.7. The highest BCUT2D eigenvalue weighted by Crippen LogP contribution is 2.13. The first-order valence-electron chi connectivity index (χ1n) is 5.38. The molecule has 0 heterocycles. The second-order valence-electron chi connectivity index (χ2n) is 3.42. The molecule has 15 heavy (non-hydrogen) atoms. The molecule has 1 heteroatoms. The smallest absolute Gasteiger partial charge is 0.0289 e. The van der Waals surface area contributed by atoms with E-state index >= 15 is 0 Å². The summed E-state index contributed by atoms with van der Waals surface area (Å²) in [7, 11) is 0. The molecule has 0 fully saturated rings. The van der Waals surface area contributed by atoms with Crippen LogP contribution in [0.3, 0.4) is 0 Å². The van der Waals surface area contributed by atoms with Gasteiger partial charge in [0, 0.05) is 5.71 Å². The number of unbranched alkanes of at least 4 members (excludes halogenated alkanes) is 1. The molecule has 0 aromatic rings. The first-order chi connectivity index (χ1) is 7.15. The fraction of sp³-hybridized carbons (Fsp3) is 0.357. The lowest BCUT2D eigenvalue weighted by Crippen LogP contribution is -1.88. The van der Waals surface area contributed by atoms with Crippen LogP contribution in [0.4, 0.5) is 0 Å². The SMILES string of the molecule is C=CC(=C\C)/C(/C=C\CCC)=C/C(C)=N. The molecule has 0 aromatic heterocycles. The van der Waals surface area contributed by atoms with Crippen molar-refractivity contribution in [2.45, 2.75) is 33.6 Å². The lowest BCUT2D eigenvalue weighted by molar-refractivity contribution is 0.958. The van der Waals surface area contributed by atoms with Gasteiger partial charge in [-0.1, -0.05) is 44.2 Å². The highest BCUT2D eigenvalue weighted by atomic mass is 14.4. The van der Waals surface area contributed by atoms with Crippen LogP contribution in [0, 0.1) is 5.41 Å². The van der Waals surface area contributed by atoms with Crippen molar-refractivity contribution in [3.63, 3.8) is 0 Å². The molecule has 0 radical (unpaired) electrons. The predicted molar refractivity (Wildman–Crippen MR) is 69.5 cm³/mol. The summed E-state index contributed by atoms with van der Waals surface area (Å²) in [6, 6.07) is 0. The molecule has 0 amide bonds. The summed E-state index contributed by atoms with van der Waals surface area (Å²) >= 11 is 0. The van der Waals surface area contributed by atoms with Gasteiger partial charge in [0.25, 0.3) is 0 Å². The normalized spacial score (nSPS) is 13.3. The summed E-state index contributed by atoms with van der Waals surface area (Å²) < 4.78 is 0. The Bertz CT molecular complexity index is 303. The molecule has 0 saturated carbocycles. The van der Waals surface area contributed by atoms with Gasteiger partial charge in [-0.15, -0.1) is 0 Å². The fourth-order valence-corrected chi connectivity index (χ4v) is 1.24. The molecule has 0 bridgehead atoms. The molecular weight excluding hydrogens is 182 g/mol. The van der Waals surface area contributed by atoms with E-state index in [4.69, 9.17) is 5.41 Å². The van der Waals surface area contributed by atoms with Crippen LogP contribution in [-0.2, 0) is 0 Å². The number of hydrogen-bond donors (Lipinski definition) is 1. The van der Waals surface area contributed by atoms with Crippen molar-refractivity contribution in [1.82, 2.24) is 0 Å². The minimum Gasteiger partial charge on any atom is -0.306 e. The van der Waals surface area contributed by atoms with E-state index in [9.17, 15) is 0 Å². The van der Waals surface area contributed by atoms with Gasteiger partial charge in [-0.3, -0.25) is 0 Å². The predicted octanol–water partition coefficient (Wildman–Crippen LogP) is 4.44. The molecule has 82 valence electrons. The van der Waals surface area contributed by atoms with Gasteiger partial charge < -0.3 is 5.41 Å². The molecule has 0 unspecified atom stereocenters. The van der Waals surface area contributed by atoms with E-state index in [0.717, 1.165) is 24.0 Å². The van der Waals surface area contributed by atoms with Crippen molar-refractivity contribution in [2.24, 2.45) is 0 Å². The largest absolute Gasteiger partial charge is 0.306 e. The molecule has 0 saturated heterocycles. The Morgan fingerprint density at radius 2 is 2.00 bits per heavy atom. The standard InChI is InChI=1S/C14H21N/c1-5-8-9-10-14(11-12(4)15)13(6-2)7-3/h6-7,9-11,15H,2,5,8H2,1,3-4H3/b10-9-,13-7+,14-11+,15-12?. The Kier molecular flexibility index (Phi) is 7.25. The van der Waals surface area contributed by atoms with Gasteiger partial charge in [0.1, 0.15) is 0 Å². The van der Waals surface area contributed by atoms with E-state index in [1.807, 2.05) is 25.2 Å². The third-order valence-electron chi connectivity index (χ3n) is 1.99. The highest BCUT2D eigenvalue weighted by Gasteiger charge is 1.96. The Labute approximate surface area is 93.4 Å². The maximum Gasteiger partial charge on any atom is 0.0289 e. The van der Waals surface area contributed by atoms with Crippen LogP contribution in [-0.4, -0.2) is 5.71 Å². The van der Waals surface area contributed by atoms with Crippen molar-refractivity contribution < 1.29 is 0 Å². The summed E-state index contributed by atoms with van der Waals surface area (Å²) in [5, 5.41) is 7.48. The van der Waals surface area contributed by atoms with E-state index in [1.165, 1.54) is 0 Å². The van der Waals surface area contributed by atoms with E-state index in [1.54, 1.807) is 6.92 Å². The Morgan fingerprint density at radius 3 is 2.40 bits per heavy atom. The van der Waals surface area contributed by atoms with Crippen molar-refractivity contribution in [3.05, 3.63) is 48.1 Å². The average Bonchev–Trinajstić information content (AvgIpc) is 2.19. The average molecular weight is 203 g/mol. The molecule has 0 aromatic carbocycles. The van der Waals surface area contributed by atoms with Crippen LogP contribution in [0.2, 0.25) is 0 Å². The Balaban J connectivity index is 4.89. The molecule has 0 aliphatic heterocycles. The quantitative estimate of drug-likeness (QED) is 0.487. The zero-order valence-electron chi connectivity index (χ0n) is 10.0. The van der Waals surface area contributed by atoms with E-state index in [2.05, 4.69) is 25.7 Å². The topological polar surface area (TPSA) is 23.9 Å². The van der Waals surface area contributed by atoms with Crippen LogP contribution >= 0.6 is 0 Å². The van der Waals surface area contributed by atoms with Gasteiger partial charge >= 0.3 is 0 Å². The summed E-state index contributed by atoms with van der Waals surface area (Å²) in [4.78, 5) is 0. The second-order valence-corrected chi connectivity index (χ2v) is 3.42. The highest BCUT2D eigenvalue weighted by molar-refractivity contribution is 5.92. The van der Waals surface area contributed by atoms with Crippen molar-refractivity contribution in [3.8, 4) is 0 Å². The number of hydrogen-bond acceptors (Lipinski definition) is 1. The Hall–Kier alpha value is -1.37. The first kappa shape index (κ1) is 13.6. The zero-order valence-corrected chi connectivity index (χ0v) is 10.0. The van der Waals surface area contributed by atoms with Crippen LogP contribution in [0.1, 0.15) is 33.6 Å². The van der Waals surface area contributed by atoms with Gasteiger partial charge in [-0.25, -0.2) is 0 Å². The monoisotopic (exact) mass is 203 g/mol. The molecule has 1 N–H and O–H groups in total. The summed E-state index contributed by atoms with van der Waals surface area (Å²) in [5.41, 5.74) is 2.70. The van der Waals surface area contributed by atoms with E-state index < -0.39 is 0 Å². The molecule has 0 spiro atoms. The molecular formula is C14H21N. The minimum absolute atomic E-state index is 0.562. The molecule has 0 aliphatic carbocycles. The summed E-state index contributed by atoms with van der Waals surface area (Å²) in [6.07, 6.45) is 12.1. The van der Waals surface area contributed by atoms with E-state index in [-0.39, 0.29) is 0 Å². The third kappa shape index (κ3) is 5.84. The molecule has 0 atom stereocenters. The maximum absolute atomic E-state index is 7.48. The number of rotatable bonds is 6. The van der Waals surface area contributed by atoms with Crippen LogP contribution in [0.15, 0.2) is 48.1 Å². The van der Waals surface area contributed by atoms with Crippen LogP contribution in [0.5, 0.6) is 0 Å². The van der Waals surface area contributed by atoms with Crippen LogP contribution < -0.4 is 0 Å². The van der Waals surface area contributed by atoms with Crippen molar-refractivity contribution in [1.29, 1.82) is 5.41 Å². The van der Waals surface area contributed by atoms with Gasteiger partial charge in [0.05, 0.1) is 0 Å². The van der Waals surface area contributed by atoms with E-state index in [0.29, 0.717) is 5.71 Å². The number of nitrogens with one attached hydrogen (secondary N) is 1. The van der Waals surface area contributed by atoms with Gasteiger partial charge in [-0.2, -0.15) is 0 Å². The van der Waals surface area contributed by atoms with Crippen molar-refractivity contribution in [2.75, 3.05) is 0 Å². The van der Waals surface area contributed by atoms with Gasteiger partial charge in [0.15, 0.2) is 0 Å². The fourth-order valence-electron chi connectivity index (χ4n) is 1.24.